The van der Waals surface area contributed by atoms with E-state index in [4.69, 9.17) is 10.3 Å². The van der Waals surface area contributed by atoms with Crippen LogP contribution in [0.15, 0.2) is 28.8 Å². The van der Waals surface area contributed by atoms with E-state index in [1.54, 1.807) is 12.1 Å². The molecule has 0 saturated heterocycles. The van der Waals surface area contributed by atoms with Crippen LogP contribution >= 0.6 is 0 Å². The average Bonchev–Trinajstić information content (AvgIpc) is 2.65. The molecule has 7 nitrogen and oxygen atoms in total. The van der Waals surface area contributed by atoms with Crippen molar-refractivity contribution in [3.63, 3.8) is 0 Å². The topological polar surface area (TPSA) is 108 Å². The maximum absolute atomic E-state index is 10.7. The average molecular weight is 206 g/mol. The van der Waals surface area contributed by atoms with E-state index < -0.39 is 4.92 Å². The monoisotopic (exact) mass is 206 g/mol. The number of nitro groups is 1. The molecule has 0 amide bonds. The molecule has 0 radical (unpaired) electrons. The van der Waals surface area contributed by atoms with Gasteiger partial charge in [-0.2, -0.15) is 4.98 Å². The molecular formula is C8H6N4O3. The van der Waals surface area contributed by atoms with Gasteiger partial charge in [-0.15, -0.1) is 0 Å². The zero-order valence-electron chi connectivity index (χ0n) is 7.45. The van der Waals surface area contributed by atoms with Crippen molar-refractivity contribution in [3.05, 3.63) is 34.4 Å². The highest BCUT2D eigenvalue weighted by Gasteiger charge is 2.18. The van der Waals surface area contributed by atoms with E-state index in [9.17, 15) is 10.1 Å². The van der Waals surface area contributed by atoms with Crippen molar-refractivity contribution < 1.29 is 9.45 Å². The lowest BCUT2D eigenvalue weighted by atomic mass is 10.2. The summed E-state index contributed by atoms with van der Waals surface area (Å²) in [6, 6.07) is 6.07. The first-order chi connectivity index (χ1) is 7.18. The third-order valence-electron chi connectivity index (χ3n) is 1.77. The first-order valence-electron chi connectivity index (χ1n) is 4.01. The van der Waals surface area contributed by atoms with Crippen LogP contribution in [0.25, 0.3) is 11.5 Å². The lowest BCUT2D eigenvalue weighted by Crippen LogP contribution is -1.92. The Morgan fingerprint density at radius 1 is 1.40 bits per heavy atom. The van der Waals surface area contributed by atoms with E-state index in [0.717, 1.165) is 0 Å². The van der Waals surface area contributed by atoms with Crippen molar-refractivity contribution in [1.29, 1.82) is 0 Å². The van der Waals surface area contributed by atoms with Crippen LogP contribution in [-0.2, 0) is 0 Å². The number of rotatable bonds is 2. The summed E-state index contributed by atoms with van der Waals surface area (Å²) in [6.45, 7) is 0. The van der Waals surface area contributed by atoms with E-state index in [-0.39, 0.29) is 23.1 Å². The summed E-state index contributed by atoms with van der Waals surface area (Å²) in [4.78, 5) is 13.9. The first-order valence-corrected chi connectivity index (χ1v) is 4.01. The van der Waals surface area contributed by atoms with Gasteiger partial charge in [0.25, 0.3) is 17.5 Å². The zero-order chi connectivity index (χ0) is 10.8. The fourth-order valence-corrected chi connectivity index (χ4v) is 1.16. The highest BCUT2D eigenvalue weighted by Crippen LogP contribution is 2.27. The Bertz CT molecular complexity index is 508. The lowest BCUT2D eigenvalue weighted by Gasteiger charge is -1.95. The molecule has 0 saturated carbocycles. The molecule has 2 N–H and O–H groups in total. The van der Waals surface area contributed by atoms with Gasteiger partial charge in [0, 0.05) is 6.07 Å². The van der Waals surface area contributed by atoms with E-state index in [1.165, 1.54) is 12.1 Å². The molecule has 0 atom stereocenters. The van der Waals surface area contributed by atoms with Crippen molar-refractivity contribution in [2.45, 2.75) is 0 Å². The number of anilines is 1. The van der Waals surface area contributed by atoms with Gasteiger partial charge in [0.15, 0.2) is 0 Å². The molecule has 1 aromatic carbocycles. The third kappa shape index (κ3) is 1.62. The fourth-order valence-electron chi connectivity index (χ4n) is 1.16. The number of nitrogen functional groups attached to an aromatic ring is 1. The van der Waals surface area contributed by atoms with Crippen molar-refractivity contribution in [2.75, 3.05) is 5.73 Å². The molecule has 2 rings (SSSR count). The molecular weight excluding hydrogens is 200 g/mol. The molecule has 1 heterocycles. The molecule has 0 spiro atoms. The van der Waals surface area contributed by atoms with Crippen molar-refractivity contribution >= 4 is 11.6 Å². The van der Waals surface area contributed by atoms with Gasteiger partial charge in [0.1, 0.15) is 5.56 Å². The molecule has 0 bridgehead atoms. The largest absolute Gasteiger partial charge is 0.365 e. The normalized spacial score (nSPS) is 10.1. The summed E-state index contributed by atoms with van der Waals surface area (Å²) in [5.74, 6) is -0.0112. The standard InChI is InChI=1S/C8H6N4O3/c9-8-10-7(15-11-8)5-3-1-2-4-6(5)12(13)14/h1-4H,(H2,9,11). The maximum atomic E-state index is 10.7. The number of nitrogens with two attached hydrogens (primary N) is 1. The van der Waals surface area contributed by atoms with Gasteiger partial charge in [-0.25, -0.2) is 0 Å². The summed E-state index contributed by atoms with van der Waals surface area (Å²) < 4.78 is 4.75. The van der Waals surface area contributed by atoms with Gasteiger partial charge in [-0.05, 0) is 11.2 Å². The second-order valence-corrected chi connectivity index (χ2v) is 2.73. The van der Waals surface area contributed by atoms with Crippen molar-refractivity contribution in [3.8, 4) is 11.5 Å². The Balaban J connectivity index is 2.57. The van der Waals surface area contributed by atoms with Crippen LogP contribution in [0.4, 0.5) is 11.6 Å². The van der Waals surface area contributed by atoms with Crippen LogP contribution in [0.3, 0.4) is 0 Å². The van der Waals surface area contributed by atoms with E-state index in [2.05, 4.69) is 10.1 Å². The molecule has 0 aliphatic heterocycles. The highest BCUT2D eigenvalue weighted by atomic mass is 16.6. The van der Waals surface area contributed by atoms with Crippen LogP contribution in [0, 0.1) is 10.1 Å². The van der Waals surface area contributed by atoms with Crippen molar-refractivity contribution in [1.82, 2.24) is 10.1 Å². The minimum Gasteiger partial charge on any atom is -0.365 e. The molecule has 0 unspecified atom stereocenters. The first kappa shape index (κ1) is 9.13. The predicted octanol–water partition coefficient (Wildman–Crippen LogP) is 1.23. The van der Waals surface area contributed by atoms with Gasteiger partial charge >= 0.3 is 0 Å². The van der Waals surface area contributed by atoms with E-state index >= 15 is 0 Å². The Morgan fingerprint density at radius 2 is 2.13 bits per heavy atom. The molecule has 2 aromatic rings. The molecule has 7 heteroatoms. The molecule has 0 fully saturated rings. The Hall–Kier alpha value is -2.44. The quantitative estimate of drug-likeness (QED) is 0.584. The van der Waals surface area contributed by atoms with E-state index in [0.29, 0.717) is 0 Å². The van der Waals surface area contributed by atoms with E-state index in [1.807, 2.05) is 0 Å². The van der Waals surface area contributed by atoms with Crippen LogP contribution in [-0.4, -0.2) is 15.1 Å². The zero-order valence-corrected chi connectivity index (χ0v) is 7.45. The highest BCUT2D eigenvalue weighted by molar-refractivity contribution is 5.66. The molecule has 1 aromatic heterocycles. The Morgan fingerprint density at radius 3 is 2.73 bits per heavy atom. The second-order valence-electron chi connectivity index (χ2n) is 2.73. The maximum Gasteiger partial charge on any atom is 0.282 e. The van der Waals surface area contributed by atoms with Crippen LogP contribution in [0.2, 0.25) is 0 Å². The lowest BCUT2D eigenvalue weighted by molar-refractivity contribution is -0.384. The Kier molecular flexibility index (Phi) is 2.05. The SMILES string of the molecule is Nc1noc(-c2ccccc2[N+](=O)[O-])n1. The van der Waals surface area contributed by atoms with Gasteiger partial charge in [-0.1, -0.05) is 12.1 Å². The summed E-state index contributed by atoms with van der Waals surface area (Å²) in [6.07, 6.45) is 0. The predicted molar refractivity (Wildman–Crippen MR) is 50.8 cm³/mol. The Labute approximate surface area is 83.7 Å². The molecule has 0 aliphatic rings. The number of nitrogens with zero attached hydrogens (tertiary/aromatic N) is 3. The van der Waals surface area contributed by atoms with Gasteiger partial charge < -0.3 is 10.3 Å². The van der Waals surface area contributed by atoms with Gasteiger partial charge in [-0.3, -0.25) is 10.1 Å². The van der Waals surface area contributed by atoms with Gasteiger partial charge in [0.05, 0.1) is 4.92 Å². The minimum atomic E-state index is -0.518. The van der Waals surface area contributed by atoms with Crippen LogP contribution in [0.5, 0.6) is 0 Å². The number of hydrogen-bond donors (Lipinski definition) is 1. The third-order valence-corrected chi connectivity index (χ3v) is 1.77. The molecule has 0 aliphatic carbocycles. The summed E-state index contributed by atoms with van der Waals surface area (Å²) in [7, 11) is 0. The number of benzene rings is 1. The van der Waals surface area contributed by atoms with Crippen LogP contribution in [0.1, 0.15) is 0 Å². The number of para-hydroxylation sites is 1. The fraction of sp³-hybridized carbons (Fsp3) is 0. The van der Waals surface area contributed by atoms with Gasteiger partial charge in [0.2, 0.25) is 0 Å². The van der Waals surface area contributed by atoms with Crippen molar-refractivity contribution in [2.24, 2.45) is 0 Å². The summed E-state index contributed by atoms with van der Waals surface area (Å²) in [5.41, 5.74) is 5.42. The minimum absolute atomic E-state index is 0.0415. The molecule has 76 valence electrons. The number of hydrogen-bond acceptors (Lipinski definition) is 6. The number of aromatic nitrogens is 2. The van der Waals surface area contributed by atoms with Crippen LogP contribution < -0.4 is 5.73 Å². The number of nitro benzene ring substituents is 1. The smallest absolute Gasteiger partial charge is 0.282 e. The summed E-state index contributed by atoms with van der Waals surface area (Å²) >= 11 is 0. The second kappa shape index (κ2) is 3.37. The summed E-state index contributed by atoms with van der Waals surface area (Å²) in [5, 5.41) is 14.0. The molecule has 15 heavy (non-hydrogen) atoms.